The van der Waals surface area contributed by atoms with Crippen LogP contribution in [0.3, 0.4) is 0 Å². The van der Waals surface area contributed by atoms with Gasteiger partial charge in [-0.2, -0.15) is 0 Å². The summed E-state index contributed by atoms with van der Waals surface area (Å²) in [6.45, 7) is 6.24. The molecule has 0 atom stereocenters. The van der Waals surface area contributed by atoms with Gasteiger partial charge in [-0.15, -0.1) is 0 Å². The second kappa shape index (κ2) is 6.37. The molecule has 1 rings (SSSR count). The lowest BCUT2D eigenvalue weighted by Gasteiger charge is -2.18. The molecular weight excluding hydrogens is 296 g/mol. The van der Waals surface area contributed by atoms with Crippen molar-refractivity contribution in [2.45, 2.75) is 32.1 Å². The summed E-state index contributed by atoms with van der Waals surface area (Å²) in [7, 11) is -3.79. The van der Waals surface area contributed by atoms with E-state index in [1.54, 1.807) is 0 Å². The van der Waals surface area contributed by atoms with E-state index in [9.17, 15) is 18.5 Å². The summed E-state index contributed by atoms with van der Waals surface area (Å²) in [6, 6.07) is 3.51. The molecule has 1 aromatic rings. The van der Waals surface area contributed by atoms with Gasteiger partial charge < -0.3 is 5.43 Å². The van der Waals surface area contributed by atoms with Gasteiger partial charge in [0.05, 0.1) is 9.82 Å². The van der Waals surface area contributed by atoms with Crippen LogP contribution in [0.1, 0.15) is 27.2 Å². The smallest absolute Gasteiger partial charge is 0.294 e. The Morgan fingerprint density at radius 3 is 2.43 bits per heavy atom. The summed E-state index contributed by atoms with van der Waals surface area (Å²) in [6.07, 6.45) is 0.650. The summed E-state index contributed by atoms with van der Waals surface area (Å²) in [5.41, 5.74) is 1.81. The van der Waals surface area contributed by atoms with Gasteiger partial charge in [-0.1, -0.05) is 20.8 Å². The fourth-order valence-electron chi connectivity index (χ4n) is 1.60. The van der Waals surface area contributed by atoms with Crippen molar-refractivity contribution in [2.24, 2.45) is 11.3 Å². The SMILES string of the molecule is CC(C)(C)CCNS(=O)(=O)c1ccc(NN)c([N+](=O)[O-])c1. The van der Waals surface area contributed by atoms with Crippen LogP contribution in [0.4, 0.5) is 11.4 Å². The first-order chi connectivity index (χ1) is 9.57. The van der Waals surface area contributed by atoms with Crippen molar-refractivity contribution >= 4 is 21.4 Å². The number of rotatable bonds is 6. The third-order valence-corrected chi connectivity index (χ3v) is 4.26. The van der Waals surface area contributed by atoms with Crippen molar-refractivity contribution in [3.05, 3.63) is 28.3 Å². The van der Waals surface area contributed by atoms with Crippen molar-refractivity contribution in [2.75, 3.05) is 12.0 Å². The number of benzene rings is 1. The van der Waals surface area contributed by atoms with Gasteiger partial charge in [0.15, 0.2) is 0 Å². The predicted molar refractivity (Wildman–Crippen MR) is 80.2 cm³/mol. The molecule has 118 valence electrons. The maximum Gasteiger partial charge on any atom is 0.294 e. The number of nitro groups is 1. The molecule has 0 bridgehead atoms. The van der Waals surface area contributed by atoms with E-state index in [2.05, 4.69) is 10.1 Å². The van der Waals surface area contributed by atoms with E-state index in [1.807, 2.05) is 20.8 Å². The van der Waals surface area contributed by atoms with Gasteiger partial charge in [-0.3, -0.25) is 16.0 Å². The molecular formula is C12H20N4O4S. The Kier molecular flexibility index (Phi) is 5.26. The third-order valence-electron chi connectivity index (χ3n) is 2.80. The first-order valence-electron chi connectivity index (χ1n) is 6.31. The molecule has 0 unspecified atom stereocenters. The van der Waals surface area contributed by atoms with Crippen LogP contribution >= 0.6 is 0 Å². The quantitative estimate of drug-likeness (QED) is 0.415. The zero-order chi connectivity index (χ0) is 16.3. The number of hydrogen-bond acceptors (Lipinski definition) is 6. The largest absolute Gasteiger partial charge is 0.318 e. The molecule has 0 spiro atoms. The maximum absolute atomic E-state index is 12.1. The number of nitrogens with two attached hydrogens (primary N) is 1. The van der Waals surface area contributed by atoms with Crippen LogP contribution in [0, 0.1) is 15.5 Å². The molecule has 0 heterocycles. The van der Waals surface area contributed by atoms with Crippen LogP contribution in [-0.2, 0) is 10.0 Å². The summed E-state index contributed by atoms with van der Waals surface area (Å²) >= 11 is 0. The topological polar surface area (TPSA) is 127 Å². The van der Waals surface area contributed by atoms with Crippen LogP contribution in [-0.4, -0.2) is 19.9 Å². The predicted octanol–water partition coefficient (Wildman–Crippen LogP) is 1.59. The highest BCUT2D eigenvalue weighted by molar-refractivity contribution is 7.89. The Labute approximate surface area is 123 Å². The Hall–Kier alpha value is -1.71. The molecule has 9 heteroatoms. The Bertz CT molecular complexity index is 623. The fraction of sp³-hybridized carbons (Fsp3) is 0.500. The minimum atomic E-state index is -3.79. The maximum atomic E-state index is 12.1. The number of hydrazine groups is 1. The van der Waals surface area contributed by atoms with Gasteiger partial charge in [-0.05, 0) is 24.0 Å². The molecule has 0 fully saturated rings. The van der Waals surface area contributed by atoms with Gasteiger partial charge in [0.25, 0.3) is 5.69 Å². The minimum Gasteiger partial charge on any atom is -0.318 e. The molecule has 8 nitrogen and oxygen atoms in total. The Balaban J connectivity index is 2.99. The van der Waals surface area contributed by atoms with Gasteiger partial charge in [0, 0.05) is 12.6 Å². The number of sulfonamides is 1. The number of nitrogens with zero attached hydrogens (tertiary/aromatic N) is 1. The zero-order valence-electron chi connectivity index (χ0n) is 12.2. The van der Waals surface area contributed by atoms with Crippen molar-refractivity contribution in [3.8, 4) is 0 Å². The molecule has 21 heavy (non-hydrogen) atoms. The van der Waals surface area contributed by atoms with E-state index in [-0.39, 0.29) is 22.5 Å². The van der Waals surface area contributed by atoms with E-state index >= 15 is 0 Å². The molecule has 0 radical (unpaired) electrons. The van der Waals surface area contributed by atoms with E-state index in [4.69, 9.17) is 5.84 Å². The number of nitrogens with one attached hydrogen (secondary N) is 2. The van der Waals surface area contributed by atoms with Crippen LogP contribution < -0.4 is 16.0 Å². The number of nitro benzene ring substituents is 1. The average molecular weight is 316 g/mol. The molecule has 0 saturated heterocycles. The summed E-state index contributed by atoms with van der Waals surface area (Å²) in [5.74, 6) is 5.16. The molecule has 1 aromatic carbocycles. The molecule has 4 N–H and O–H groups in total. The van der Waals surface area contributed by atoms with Gasteiger partial charge in [0.2, 0.25) is 10.0 Å². The van der Waals surface area contributed by atoms with Crippen molar-refractivity contribution < 1.29 is 13.3 Å². The molecule has 0 saturated carbocycles. The first kappa shape index (κ1) is 17.3. The standard InChI is InChI=1S/C12H20N4O4S/c1-12(2,3)6-7-14-21(19,20)9-4-5-10(15-13)11(8-9)16(17)18/h4-5,8,14-15H,6-7,13H2,1-3H3. The minimum absolute atomic E-state index is 0.0121. The van der Waals surface area contributed by atoms with Crippen LogP contribution in [0.2, 0.25) is 0 Å². The lowest BCUT2D eigenvalue weighted by molar-refractivity contribution is -0.384. The lowest BCUT2D eigenvalue weighted by Crippen LogP contribution is -2.27. The van der Waals surface area contributed by atoms with Crippen molar-refractivity contribution in [1.82, 2.24) is 4.72 Å². The number of nitrogen functional groups attached to an aromatic ring is 1. The van der Waals surface area contributed by atoms with E-state index in [0.717, 1.165) is 6.07 Å². The normalized spacial score (nSPS) is 12.2. The van der Waals surface area contributed by atoms with Crippen molar-refractivity contribution in [1.29, 1.82) is 0 Å². The highest BCUT2D eigenvalue weighted by Crippen LogP contribution is 2.26. The Morgan fingerprint density at radius 2 is 1.95 bits per heavy atom. The van der Waals surface area contributed by atoms with Crippen molar-refractivity contribution in [3.63, 3.8) is 0 Å². The molecule has 0 amide bonds. The third kappa shape index (κ3) is 4.96. The molecule has 0 aliphatic rings. The second-order valence-electron chi connectivity index (χ2n) is 5.79. The van der Waals surface area contributed by atoms with Gasteiger partial charge in [-0.25, -0.2) is 13.1 Å². The van der Waals surface area contributed by atoms with Crippen LogP contribution in [0.15, 0.2) is 23.1 Å². The first-order valence-corrected chi connectivity index (χ1v) is 7.80. The zero-order valence-corrected chi connectivity index (χ0v) is 13.0. The fourth-order valence-corrected chi connectivity index (χ4v) is 2.65. The average Bonchev–Trinajstić information content (AvgIpc) is 2.35. The van der Waals surface area contributed by atoms with Gasteiger partial charge >= 0.3 is 0 Å². The van der Waals surface area contributed by atoms with Gasteiger partial charge in [0.1, 0.15) is 5.69 Å². The number of hydrogen-bond donors (Lipinski definition) is 3. The summed E-state index contributed by atoms with van der Waals surface area (Å²) in [4.78, 5) is 10.0. The highest BCUT2D eigenvalue weighted by atomic mass is 32.2. The monoisotopic (exact) mass is 316 g/mol. The molecule has 0 aliphatic heterocycles. The van der Waals surface area contributed by atoms with E-state index in [0.29, 0.717) is 6.42 Å². The van der Waals surface area contributed by atoms with E-state index < -0.39 is 20.6 Å². The van der Waals surface area contributed by atoms with Crippen LogP contribution in [0.25, 0.3) is 0 Å². The lowest BCUT2D eigenvalue weighted by atomic mass is 9.93. The molecule has 0 aromatic heterocycles. The van der Waals surface area contributed by atoms with Crippen LogP contribution in [0.5, 0.6) is 0 Å². The summed E-state index contributed by atoms with van der Waals surface area (Å²) < 4.78 is 26.6. The second-order valence-corrected chi connectivity index (χ2v) is 7.56. The summed E-state index contributed by atoms with van der Waals surface area (Å²) in [5, 5.41) is 10.9. The molecule has 0 aliphatic carbocycles. The highest BCUT2D eigenvalue weighted by Gasteiger charge is 2.21. The Morgan fingerprint density at radius 1 is 1.33 bits per heavy atom. The van der Waals surface area contributed by atoms with E-state index in [1.165, 1.54) is 12.1 Å². The number of anilines is 1.